The molecule has 2 aliphatic rings. The number of fused-ring (bicyclic) bond motifs is 3. The first-order valence-corrected chi connectivity index (χ1v) is 11.4. The summed E-state index contributed by atoms with van der Waals surface area (Å²) in [4.78, 5) is 0. The molecule has 0 saturated heterocycles. The molecule has 2 unspecified atom stereocenters. The average Bonchev–Trinajstić information content (AvgIpc) is 2.80. The third-order valence-electron chi connectivity index (χ3n) is 5.83. The summed E-state index contributed by atoms with van der Waals surface area (Å²) in [5.74, 6) is -7.78. The maximum Gasteiger partial charge on any atom is 0.161 e. The van der Waals surface area contributed by atoms with Crippen LogP contribution in [0.15, 0.2) is 78.9 Å². The lowest BCUT2D eigenvalue weighted by Gasteiger charge is -2.34. The lowest BCUT2D eigenvalue weighted by atomic mass is 9.77. The molecule has 0 radical (unpaired) electrons. The Bertz CT molecular complexity index is 1300. The molecule has 2 atom stereocenters. The highest BCUT2D eigenvalue weighted by Gasteiger charge is 2.35. The van der Waals surface area contributed by atoms with E-state index < -0.39 is 42.8 Å². The Labute approximate surface area is 187 Å². The van der Waals surface area contributed by atoms with Gasteiger partial charge in [-0.15, -0.1) is 0 Å². The molecule has 0 fully saturated rings. The maximum absolute atomic E-state index is 15.0. The van der Waals surface area contributed by atoms with Crippen LogP contribution in [0.1, 0.15) is 17.0 Å². The van der Waals surface area contributed by atoms with E-state index in [0.29, 0.717) is 35.1 Å². The fourth-order valence-corrected chi connectivity index (χ4v) is 6.92. The fourth-order valence-electron chi connectivity index (χ4n) is 4.34. The first kappa shape index (κ1) is 21.7. The molecule has 0 N–H and O–H groups in total. The minimum Gasteiger partial charge on any atom is -0.206 e. The van der Waals surface area contributed by atoms with Crippen molar-refractivity contribution in [2.75, 3.05) is 0 Å². The highest BCUT2D eigenvalue weighted by Crippen LogP contribution is 2.56. The number of rotatable bonds is 3. The van der Waals surface area contributed by atoms with E-state index in [0.717, 1.165) is 5.56 Å². The van der Waals surface area contributed by atoms with E-state index in [1.165, 1.54) is 0 Å². The van der Waals surface area contributed by atoms with Crippen LogP contribution in [0, 0.1) is 40.8 Å². The van der Waals surface area contributed by atoms with Crippen LogP contribution < -0.4 is 10.6 Å². The van der Waals surface area contributed by atoms with Crippen LogP contribution in [-0.4, -0.2) is 0 Å². The first-order chi connectivity index (χ1) is 15.8. The average molecular weight is 472 g/mol. The molecule has 166 valence electrons. The van der Waals surface area contributed by atoms with Gasteiger partial charge < -0.3 is 0 Å². The number of hydrogen-bond donors (Lipinski definition) is 0. The summed E-state index contributed by atoms with van der Waals surface area (Å²) < 4.78 is 85.8. The Balaban J connectivity index is 1.81. The molecule has 0 bridgehead atoms. The fraction of sp³-hybridized carbons (Fsp3) is 0.0769. The zero-order valence-electron chi connectivity index (χ0n) is 16.9. The van der Waals surface area contributed by atoms with Crippen molar-refractivity contribution in [1.29, 1.82) is 0 Å². The van der Waals surface area contributed by atoms with Gasteiger partial charge in [0.05, 0.1) is 0 Å². The van der Waals surface area contributed by atoms with E-state index in [4.69, 9.17) is 0 Å². The van der Waals surface area contributed by atoms with Gasteiger partial charge in [-0.1, -0.05) is 54.6 Å². The monoisotopic (exact) mass is 472 g/mol. The number of hydrogen-bond acceptors (Lipinski definition) is 0. The Kier molecular flexibility index (Phi) is 5.49. The number of benzene rings is 3. The van der Waals surface area contributed by atoms with Gasteiger partial charge in [0.1, 0.15) is 11.6 Å². The zero-order chi connectivity index (χ0) is 23.3. The standard InChI is InChI=1S/C26H15F6P/c27-18-10-22(31)25(12-20(18)29)33(26-13-21(30)19(28)11-23(26)32)24-9-14-5-1-2-6-15(14)16-7-3-4-8-17(16)24/h1-15H. The van der Waals surface area contributed by atoms with Crippen molar-refractivity contribution in [3.05, 3.63) is 125 Å². The summed E-state index contributed by atoms with van der Waals surface area (Å²) >= 11 is 0. The molecular weight excluding hydrogens is 457 g/mol. The molecule has 0 saturated carbocycles. The molecule has 5 rings (SSSR count). The largest absolute Gasteiger partial charge is 0.206 e. The first-order valence-electron chi connectivity index (χ1n) is 10.1. The maximum atomic E-state index is 15.0. The predicted molar refractivity (Wildman–Crippen MR) is 118 cm³/mol. The van der Waals surface area contributed by atoms with Gasteiger partial charge >= 0.3 is 0 Å². The Morgan fingerprint density at radius 2 is 1.15 bits per heavy atom. The van der Waals surface area contributed by atoms with E-state index in [1.54, 1.807) is 12.1 Å². The number of halogens is 6. The molecule has 3 aromatic rings. The van der Waals surface area contributed by atoms with Gasteiger partial charge in [-0.3, -0.25) is 0 Å². The van der Waals surface area contributed by atoms with Crippen molar-refractivity contribution in [1.82, 2.24) is 0 Å². The van der Waals surface area contributed by atoms with Crippen LogP contribution in [-0.2, 0) is 0 Å². The summed E-state index contributed by atoms with van der Waals surface area (Å²) in [5.41, 5.74) is 1.55. The van der Waals surface area contributed by atoms with Crippen LogP contribution >= 0.6 is 7.92 Å². The lowest BCUT2D eigenvalue weighted by molar-refractivity contribution is 0.497. The summed E-state index contributed by atoms with van der Waals surface area (Å²) in [5, 5.41) is -0.177. The molecule has 0 amide bonds. The van der Waals surface area contributed by atoms with Crippen molar-refractivity contribution < 1.29 is 26.3 Å². The Hall–Kier alpha value is -3.11. The van der Waals surface area contributed by atoms with Crippen LogP contribution in [0.2, 0.25) is 0 Å². The molecule has 0 nitrogen and oxygen atoms in total. The topological polar surface area (TPSA) is 0 Å². The summed E-state index contributed by atoms with van der Waals surface area (Å²) in [6, 6.07) is 9.37. The van der Waals surface area contributed by atoms with Crippen molar-refractivity contribution in [2.24, 2.45) is 5.92 Å². The molecule has 2 aliphatic carbocycles. The second-order valence-electron chi connectivity index (χ2n) is 7.78. The van der Waals surface area contributed by atoms with Crippen molar-refractivity contribution in [2.45, 2.75) is 5.92 Å². The molecule has 33 heavy (non-hydrogen) atoms. The van der Waals surface area contributed by atoms with Crippen LogP contribution in [0.3, 0.4) is 0 Å². The highest BCUT2D eigenvalue weighted by atomic mass is 31.1. The van der Waals surface area contributed by atoms with Gasteiger partial charge in [0.15, 0.2) is 23.3 Å². The minimum absolute atomic E-state index is 0.0172. The van der Waals surface area contributed by atoms with Gasteiger partial charge in [0.2, 0.25) is 0 Å². The SMILES string of the molecule is Fc1cc(F)c(P(C2=CC3C=CC=CC3c3ccccc32)c2cc(F)c(F)cc2F)cc1F. The van der Waals surface area contributed by atoms with Gasteiger partial charge in [-0.2, -0.15) is 0 Å². The quantitative estimate of drug-likeness (QED) is 0.223. The molecular formula is C26H15F6P. The normalized spacial score (nSPS) is 18.8. The van der Waals surface area contributed by atoms with Gasteiger partial charge in [-0.05, 0) is 36.5 Å². The molecule has 0 spiro atoms. The molecule has 3 aromatic carbocycles. The van der Waals surface area contributed by atoms with E-state index in [1.807, 2.05) is 42.5 Å². The highest BCUT2D eigenvalue weighted by molar-refractivity contribution is 7.82. The zero-order valence-corrected chi connectivity index (χ0v) is 17.8. The minimum atomic E-state index is -2.25. The van der Waals surface area contributed by atoms with Crippen molar-refractivity contribution in [3.8, 4) is 0 Å². The van der Waals surface area contributed by atoms with Crippen LogP contribution in [0.25, 0.3) is 5.31 Å². The Morgan fingerprint density at radius 1 is 0.606 bits per heavy atom. The molecule has 0 aliphatic heterocycles. The number of allylic oxidation sites excluding steroid dienone is 5. The van der Waals surface area contributed by atoms with E-state index in [2.05, 4.69) is 0 Å². The third-order valence-corrected chi connectivity index (χ3v) is 8.35. The second kappa shape index (κ2) is 8.35. The van der Waals surface area contributed by atoms with Gasteiger partial charge in [0.25, 0.3) is 0 Å². The third kappa shape index (κ3) is 3.72. The Morgan fingerprint density at radius 3 is 1.79 bits per heavy atom. The van der Waals surface area contributed by atoms with Crippen LogP contribution in [0.5, 0.6) is 0 Å². The van der Waals surface area contributed by atoms with E-state index >= 15 is 8.78 Å². The van der Waals surface area contributed by atoms with Gasteiger partial charge in [0, 0.05) is 34.6 Å². The van der Waals surface area contributed by atoms with E-state index in [-0.39, 0.29) is 22.4 Å². The van der Waals surface area contributed by atoms with Crippen molar-refractivity contribution in [3.63, 3.8) is 0 Å². The van der Waals surface area contributed by atoms with E-state index in [9.17, 15) is 17.6 Å². The lowest BCUT2D eigenvalue weighted by Crippen LogP contribution is -2.24. The smallest absolute Gasteiger partial charge is 0.161 e. The molecule has 0 heterocycles. The van der Waals surface area contributed by atoms with Crippen LogP contribution in [0.4, 0.5) is 26.3 Å². The molecule has 7 heteroatoms. The second-order valence-corrected chi connectivity index (χ2v) is 9.90. The summed E-state index contributed by atoms with van der Waals surface area (Å²) in [7, 11) is -2.25. The van der Waals surface area contributed by atoms with Gasteiger partial charge in [-0.25, -0.2) is 26.3 Å². The van der Waals surface area contributed by atoms with Crippen molar-refractivity contribution >= 4 is 23.8 Å². The predicted octanol–water partition coefficient (Wildman–Crippen LogP) is 6.83. The summed E-state index contributed by atoms with van der Waals surface area (Å²) in [6.45, 7) is 0. The summed E-state index contributed by atoms with van der Waals surface area (Å²) in [6.07, 6.45) is 9.51. The molecule has 0 aromatic heterocycles.